The van der Waals surface area contributed by atoms with Crippen molar-refractivity contribution in [2.24, 2.45) is 0 Å². The molecule has 4 nitrogen and oxygen atoms in total. The second kappa shape index (κ2) is 6.41. The number of nitrogens with zero attached hydrogens (tertiary/aromatic N) is 3. The summed E-state index contributed by atoms with van der Waals surface area (Å²) in [6.45, 7) is 2.03. The molecule has 1 aromatic heterocycles. The van der Waals surface area contributed by atoms with Gasteiger partial charge in [0.25, 0.3) is 0 Å². The molecule has 0 saturated carbocycles. The summed E-state index contributed by atoms with van der Waals surface area (Å²) >= 11 is 3.52. The predicted octanol–water partition coefficient (Wildman–Crippen LogP) is 2.97. The van der Waals surface area contributed by atoms with Crippen LogP contribution in [-0.4, -0.2) is 44.1 Å². The average molecular weight is 337 g/mol. The summed E-state index contributed by atoms with van der Waals surface area (Å²) in [6.07, 6.45) is 2.84. The number of anilines is 2. The minimum atomic E-state index is 0.725. The van der Waals surface area contributed by atoms with Crippen molar-refractivity contribution >= 4 is 38.2 Å². The molecular weight excluding hydrogens is 316 g/mol. The van der Waals surface area contributed by atoms with Gasteiger partial charge in [-0.3, -0.25) is 4.98 Å². The molecule has 0 fully saturated rings. The van der Waals surface area contributed by atoms with E-state index in [1.54, 1.807) is 6.20 Å². The van der Waals surface area contributed by atoms with Crippen LogP contribution in [-0.2, 0) is 0 Å². The molecule has 1 heterocycles. The first-order chi connectivity index (χ1) is 9.49. The fraction of sp³-hybridized carbons (Fsp3) is 0.400. The number of fused-ring (bicyclic) bond motifs is 1. The summed E-state index contributed by atoms with van der Waals surface area (Å²) in [5.74, 6) is 0. The van der Waals surface area contributed by atoms with Crippen molar-refractivity contribution in [1.82, 2.24) is 9.88 Å². The topological polar surface area (TPSA) is 45.4 Å². The number of hydrogen-bond donors (Lipinski definition) is 1. The smallest absolute Gasteiger partial charge is 0.0745 e. The van der Waals surface area contributed by atoms with Crippen LogP contribution in [0.4, 0.5) is 11.4 Å². The molecule has 1 aromatic carbocycles. The number of rotatable bonds is 5. The van der Waals surface area contributed by atoms with E-state index >= 15 is 0 Å². The molecule has 2 rings (SSSR count). The van der Waals surface area contributed by atoms with E-state index in [0.29, 0.717) is 0 Å². The van der Waals surface area contributed by atoms with Gasteiger partial charge in [-0.05, 0) is 45.3 Å². The zero-order chi connectivity index (χ0) is 14.7. The molecular formula is C15H21BrN4. The summed E-state index contributed by atoms with van der Waals surface area (Å²) in [5.41, 5.74) is 8.90. The van der Waals surface area contributed by atoms with Gasteiger partial charge in [0.05, 0.1) is 23.1 Å². The van der Waals surface area contributed by atoms with Gasteiger partial charge in [0.1, 0.15) is 0 Å². The molecule has 0 bridgehead atoms. The van der Waals surface area contributed by atoms with Crippen molar-refractivity contribution in [3.05, 3.63) is 28.9 Å². The van der Waals surface area contributed by atoms with Crippen LogP contribution >= 0.6 is 15.9 Å². The zero-order valence-corrected chi connectivity index (χ0v) is 13.8. The Morgan fingerprint density at radius 3 is 2.65 bits per heavy atom. The Kier molecular flexibility index (Phi) is 4.83. The van der Waals surface area contributed by atoms with Crippen LogP contribution in [0.25, 0.3) is 10.9 Å². The Hall–Kier alpha value is -1.33. The molecule has 0 aliphatic heterocycles. The molecule has 0 saturated heterocycles. The lowest BCUT2D eigenvalue weighted by Gasteiger charge is -2.23. The van der Waals surface area contributed by atoms with Gasteiger partial charge in [0.15, 0.2) is 0 Å². The third kappa shape index (κ3) is 3.41. The summed E-state index contributed by atoms with van der Waals surface area (Å²) in [6, 6.07) is 6.09. The largest absolute Gasteiger partial charge is 0.396 e. The molecule has 2 N–H and O–H groups in total. The highest BCUT2D eigenvalue weighted by Crippen LogP contribution is 2.32. The first-order valence-electron chi connectivity index (χ1n) is 6.68. The summed E-state index contributed by atoms with van der Waals surface area (Å²) in [4.78, 5) is 8.80. The monoisotopic (exact) mass is 336 g/mol. The van der Waals surface area contributed by atoms with E-state index in [2.05, 4.69) is 57.9 Å². The van der Waals surface area contributed by atoms with Crippen LogP contribution in [0, 0.1) is 0 Å². The van der Waals surface area contributed by atoms with Crippen molar-refractivity contribution in [1.29, 1.82) is 0 Å². The van der Waals surface area contributed by atoms with Crippen LogP contribution in [0.5, 0.6) is 0 Å². The van der Waals surface area contributed by atoms with Crippen molar-refractivity contribution in [3.63, 3.8) is 0 Å². The zero-order valence-electron chi connectivity index (χ0n) is 12.2. The van der Waals surface area contributed by atoms with Gasteiger partial charge in [-0.2, -0.15) is 0 Å². The standard InChI is InChI=1S/C15H21BrN4/c1-19(2)7-4-8-20(3)15-12-9-11(16)5-6-14(12)18-10-13(15)17/h5-6,9-10H,4,7-8,17H2,1-3H3. The fourth-order valence-electron chi connectivity index (χ4n) is 2.33. The maximum Gasteiger partial charge on any atom is 0.0745 e. The maximum atomic E-state index is 6.14. The lowest BCUT2D eigenvalue weighted by Crippen LogP contribution is -2.24. The van der Waals surface area contributed by atoms with Crippen LogP contribution in [0.1, 0.15) is 6.42 Å². The van der Waals surface area contributed by atoms with Gasteiger partial charge in [0, 0.05) is 23.5 Å². The summed E-state index contributed by atoms with van der Waals surface area (Å²) < 4.78 is 1.04. The van der Waals surface area contributed by atoms with Crippen molar-refractivity contribution < 1.29 is 0 Å². The third-order valence-corrected chi connectivity index (χ3v) is 3.80. The van der Waals surface area contributed by atoms with E-state index in [1.807, 2.05) is 12.1 Å². The van der Waals surface area contributed by atoms with Crippen LogP contribution in [0.2, 0.25) is 0 Å². The molecule has 5 heteroatoms. The molecule has 20 heavy (non-hydrogen) atoms. The molecule has 0 unspecified atom stereocenters. The van der Waals surface area contributed by atoms with Gasteiger partial charge in [-0.25, -0.2) is 0 Å². The second-order valence-electron chi connectivity index (χ2n) is 5.30. The van der Waals surface area contributed by atoms with Crippen LogP contribution in [0.3, 0.4) is 0 Å². The first kappa shape index (κ1) is 15.1. The second-order valence-corrected chi connectivity index (χ2v) is 6.22. The number of hydrogen-bond acceptors (Lipinski definition) is 4. The Labute approximate surface area is 128 Å². The lowest BCUT2D eigenvalue weighted by molar-refractivity contribution is 0.402. The van der Waals surface area contributed by atoms with E-state index in [4.69, 9.17) is 5.73 Å². The van der Waals surface area contributed by atoms with Gasteiger partial charge in [-0.1, -0.05) is 15.9 Å². The van der Waals surface area contributed by atoms with E-state index in [9.17, 15) is 0 Å². The molecule has 0 atom stereocenters. The number of benzene rings is 1. The molecule has 0 aliphatic carbocycles. The highest BCUT2D eigenvalue weighted by atomic mass is 79.9. The van der Waals surface area contributed by atoms with Crippen molar-refractivity contribution in [2.45, 2.75) is 6.42 Å². The Morgan fingerprint density at radius 2 is 1.95 bits per heavy atom. The molecule has 2 aromatic rings. The number of nitrogens with two attached hydrogens (primary N) is 1. The number of pyridine rings is 1. The number of halogens is 1. The van der Waals surface area contributed by atoms with E-state index in [1.165, 1.54) is 0 Å². The Morgan fingerprint density at radius 1 is 1.20 bits per heavy atom. The minimum absolute atomic E-state index is 0.725. The van der Waals surface area contributed by atoms with Crippen LogP contribution in [0.15, 0.2) is 28.9 Å². The fourth-order valence-corrected chi connectivity index (χ4v) is 2.69. The SMILES string of the molecule is CN(C)CCCN(C)c1c(N)cnc2ccc(Br)cc12. The molecule has 108 valence electrons. The minimum Gasteiger partial charge on any atom is -0.396 e. The third-order valence-electron chi connectivity index (χ3n) is 3.31. The molecule has 0 amide bonds. The molecule has 0 radical (unpaired) electrons. The first-order valence-corrected chi connectivity index (χ1v) is 7.48. The predicted molar refractivity (Wildman–Crippen MR) is 90.3 cm³/mol. The Bertz CT molecular complexity index is 592. The lowest BCUT2D eigenvalue weighted by atomic mass is 10.1. The highest BCUT2D eigenvalue weighted by Gasteiger charge is 2.11. The number of aromatic nitrogens is 1. The van der Waals surface area contributed by atoms with Gasteiger partial charge in [0.2, 0.25) is 0 Å². The van der Waals surface area contributed by atoms with Crippen molar-refractivity contribution in [3.8, 4) is 0 Å². The summed E-state index contributed by atoms with van der Waals surface area (Å²) in [5, 5.41) is 1.09. The molecule has 0 aliphatic rings. The van der Waals surface area contributed by atoms with E-state index in [-0.39, 0.29) is 0 Å². The van der Waals surface area contributed by atoms with Crippen LogP contribution < -0.4 is 10.6 Å². The van der Waals surface area contributed by atoms with Gasteiger partial charge in [-0.15, -0.1) is 0 Å². The highest BCUT2D eigenvalue weighted by molar-refractivity contribution is 9.10. The quantitative estimate of drug-likeness (QED) is 0.911. The number of nitrogen functional groups attached to an aromatic ring is 1. The van der Waals surface area contributed by atoms with E-state index < -0.39 is 0 Å². The Balaban J connectivity index is 2.31. The van der Waals surface area contributed by atoms with Gasteiger partial charge < -0.3 is 15.5 Å². The van der Waals surface area contributed by atoms with E-state index in [0.717, 1.165) is 46.3 Å². The average Bonchev–Trinajstić information content (AvgIpc) is 2.37. The normalized spacial score (nSPS) is 11.2. The maximum absolute atomic E-state index is 6.14. The molecule has 0 spiro atoms. The summed E-state index contributed by atoms with van der Waals surface area (Å²) in [7, 11) is 6.27. The van der Waals surface area contributed by atoms with Crippen molar-refractivity contribution in [2.75, 3.05) is 44.9 Å². The van der Waals surface area contributed by atoms with Gasteiger partial charge >= 0.3 is 0 Å².